The van der Waals surface area contributed by atoms with Crippen LogP contribution in [0.4, 0.5) is 11.5 Å². The van der Waals surface area contributed by atoms with Crippen molar-refractivity contribution in [2.75, 3.05) is 36.0 Å². The molecule has 3 aromatic rings. The molecule has 1 fully saturated rings. The zero-order valence-electron chi connectivity index (χ0n) is 12.8. The fourth-order valence-corrected chi connectivity index (χ4v) is 2.98. The van der Waals surface area contributed by atoms with Crippen LogP contribution in [0.1, 0.15) is 5.69 Å². The summed E-state index contributed by atoms with van der Waals surface area (Å²) in [5, 5.41) is 12.6. The van der Waals surface area contributed by atoms with Gasteiger partial charge in [0.25, 0.3) is 0 Å². The summed E-state index contributed by atoms with van der Waals surface area (Å²) in [4.78, 5) is 9.26. The van der Waals surface area contributed by atoms with Crippen LogP contribution >= 0.6 is 0 Å². The molecular weight excluding hydrogens is 278 g/mol. The molecule has 0 aliphatic carbocycles. The molecular formula is C15H19N7. The summed E-state index contributed by atoms with van der Waals surface area (Å²) in [7, 11) is 1.95. The summed E-state index contributed by atoms with van der Waals surface area (Å²) in [6, 6.07) is 2.13. The molecule has 1 N–H and O–H groups in total. The number of nitrogens with one attached hydrogen (secondary N) is 1. The summed E-state index contributed by atoms with van der Waals surface area (Å²) in [5.74, 6) is 1.03. The largest absolute Gasteiger partial charge is 0.365 e. The average Bonchev–Trinajstić information content (AvgIpc) is 3.14. The number of aryl methyl sites for hydroxylation is 2. The normalized spacial score (nSPS) is 15.7. The van der Waals surface area contributed by atoms with Crippen molar-refractivity contribution in [3.63, 3.8) is 0 Å². The number of rotatable bonds is 2. The van der Waals surface area contributed by atoms with E-state index in [1.165, 1.54) is 5.69 Å². The lowest BCUT2D eigenvalue weighted by Crippen LogP contribution is -2.46. The van der Waals surface area contributed by atoms with Gasteiger partial charge in [0.2, 0.25) is 0 Å². The number of aromatic nitrogens is 5. The van der Waals surface area contributed by atoms with Crippen LogP contribution in [0.25, 0.3) is 10.9 Å². The van der Waals surface area contributed by atoms with E-state index in [2.05, 4.69) is 42.3 Å². The molecule has 0 aromatic carbocycles. The third-order valence-corrected chi connectivity index (χ3v) is 4.28. The Bertz CT molecular complexity index is 795. The number of nitrogens with zero attached hydrogens (tertiary/aromatic N) is 6. The van der Waals surface area contributed by atoms with Crippen LogP contribution in [0.5, 0.6) is 0 Å². The Hall–Kier alpha value is -2.57. The quantitative estimate of drug-likeness (QED) is 0.773. The van der Waals surface area contributed by atoms with E-state index >= 15 is 0 Å². The second kappa shape index (κ2) is 5.01. The van der Waals surface area contributed by atoms with Gasteiger partial charge in [0, 0.05) is 44.8 Å². The van der Waals surface area contributed by atoms with Crippen molar-refractivity contribution in [1.82, 2.24) is 25.0 Å². The SMILES string of the molecule is Cc1n[nH]c2cnc(N3CCN(c4cnn(C)c4)CC3)cc12. The Morgan fingerprint density at radius 3 is 2.59 bits per heavy atom. The molecule has 4 rings (SSSR count). The minimum Gasteiger partial charge on any atom is -0.365 e. The fraction of sp³-hybridized carbons (Fsp3) is 0.400. The summed E-state index contributed by atoms with van der Waals surface area (Å²) in [5.41, 5.74) is 3.21. The molecule has 3 aromatic heterocycles. The van der Waals surface area contributed by atoms with Gasteiger partial charge < -0.3 is 9.80 Å². The number of aromatic amines is 1. The molecule has 0 bridgehead atoms. The second-order valence-electron chi connectivity index (χ2n) is 5.74. The smallest absolute Gasteiger partial charge is 0.129 e. The number of pyridine rings is 1. The van der Waals surface area contributed by atoms with E-state index < -0.39 is 0 Å². The molecule has 7 nitrogen and oxygen atoms in total. The van der Waals surface area contributed by atoms with E-state index in [-0.39, 0.29) is 0 Å². The summed E-state index contributed by atoms with van der Waals surface area (Å²) >= 11 is 0. The maximum atomic E-state index is 4.57. The molecule has 0 saturated carbocycles. The topological polar surface area (TPSA) is 65.9 Å². The first-order chi connectivity index (χ1) is 10.7. The molecule has 7 heteroatoms. The third kappa shape index (κ3) is 2.18. The summed E-state index contributed by atoms with van der Waals surface area (Å²) in [6.45, 7) is 5.91. The number of hydrogen-bond acceptors (Lipinski definition) is 5. The monoisotopic (exact) mass is 297 g/mol. The van der Waals surface area contributed by atoms with E-state index in [1.807, 2.05) is 31.0 Å². The molecule has 0 unspecified atom stereocenters. The van der Waals surface area contributed by atoms with Crippen molar-refractivity contribution in [2.45, 2.75) is 6.92 Å². The van der Waals surface area contributed by atoms with E-state index in [4.69, 9.17) is 0 Å². The molecule has 0 atom stereocenters. The standard InChI is InChI=1S/C15H19N7/c1-11-13-7-15(16-9-14(13)19-18-11)22-5-3-21(4-6-22)12-8-17-20(2)10-12/h7-10H,3-6H2,1-2H3,(H,18,19). The first-order valence-corrected chi connectivity index (χ1v) is 7.50. The van der Waals surface area contributed by atoms with Crippen LogP contribution < -0.4 is 9.80 Å². The Morgan fingerprint density at radius 2 is 1.86 bits per heavy atom. The van der Waals surface area contributed by atoms with Crippen molar-refractivity contribution >= 4 is 22.4 Å². The van der Waals surface area contributed by atoms with E-state index in [9.17, 15) is 0 Å². The zero-order chi connectivity index (χ0) is 15.1. The van der Waals surface area contributed by atoms with Crippen molar-refractivity contribution in [2.24, 2.45) is 7.05 Å². The zero-order valence-corrected chi connectivity index (χ0v) is 12.8. The third-order valence-electron chi connectivity index (χ3n) is 4.28. The first kappa shape index (κ1) is 13.1. The molecule has 0 spiro atoms. The number of fused-ring (bicyclic) bond motifs is 1. The molecule has 4 heterocycles. The van der Waals surface area contributed by atoms with Crippen molar-refractivity contribution < 1.29 is 0 Å². The van der Waals surface area contributed by atoms with Crippen LogP contribution in [0, 0.1) is 6.92 Å². The minimum absolute atomic E-state index is 0.963. The molecule has 22 heavy (non-hydrogen) atoms. The predicted octanol–water partition coefficient (Wildman–Crippen LogP) is 1.33. The van der Waals surface area contributed by atoms with Crippen LogP contribution in [0.3, 0.4) is 0 Å². The van der Waals surface area contributed by atoms with Crippen LogP contribution in [-0.4, -0.2) is 51.1 Å². The van der Waals surface area contributed by atoms with E-state index in [0.29, 0.717) is 0 Å². The lowest BCUT2D eigenvalue weighted by molar-refractivity contribution is 0.647. The van der Waals surface area contributed by atoms with Crippen molar-refractivity contribution in [1.29, 1.82) is 0 Å². The Kier molecular flexibility index (Phi) is 2.99. The fourth-order valence-electron chi connectivity index (χ4n) is 2.98. The number of piperazine rings is 1. The van der Waals surface area contributed by atoms with Gasteiger partial charge in [0.05, 0.1) is 29.3 Å². The van der Waals surface area contributed by atoms with Gasteiger partial charge in [-0.15, -0.1) is 0 Å². The highest BCUT2D eigenvalue weighted by Gasteiger charge is 2.19. The molecule has 1 saturated heterocycles. The highest BCUT2D eigenvalue weighted by Crippen LogP contribution is 2.22. The van der Waals surface area contributed by atoms with Crippen LogP contribution in [-0.2, 0) is 7.05 Å². The maximum absolute atomic E-state index is 4.57. The number of anilines is 2. The molecule has 1 aliphatic heterocycles. The van der Waals surface area contributed by atoms with Gasteiger partial charge >= 0.3 is 0 Å². The lowest BCUT2D eigenvalue weighted by Gasteiger charge is -2.36. The molecule has 0 amide bonds. The van der Waals surface area contributed by atoms with Gasteiger partial charge in [-0.2, -0.15) is 10.2 Å². The van der Waals surface area contributed by atoms with Gasteiger partial charge in [0.15, 0.2) is 0 Å². The second-order valence-corrected chi connectivity index (χ2v) is 5.74. The van der Waals surface area contributed by atoms with E-state index in [0.717, 1.165) is 48.6 Å². The highest BCUT2D eigenvalue weighted by molar-refractivity contribution is 5.82. The van der Waals surface area contributed by atoms with E-state index in [1.54, 1.807) is 0 Å². The summed E-state index contributed by atoms with van der Waals surface area (Å²) in [6.07, 6.45) is 5.86. The van der Waals surface area contributed by atoms with Crippen LogP contribution in [0.2, 0.25) is 0 Å². The molecule has 0 radical (unpaired) electrons. The van der Waals surface area contributed by atoms with Gasteiger partial charge in [-0.3, -0.25) is 9.78 Å². The summed E-state index contributed by atoms with van der Waals surface area (Å²) < 4.78 is 1.85. The Morgan fingerprint density at radius 1 is 1.09 bits per heavy atom. The van der Waals surface area contributed by atoms with Crippen molar-refractivity contribution in [3.8, 4) is 0 Å². The number of H-pyrrole nitrogens is 1. The van der Waals surface area contributed by atoms with Crippen LogP contribution in [0.15, 0.2) is 24.7 Å². The van der Waals surface area contributed by atoms with Gasteiger partial charge in [-0.1, -0.05) is 0 Å². The molecule has 1 aliphatic rings. The average molecular weight is 297 g/mol. The van der Waals surface area contributed by atoms with Gasteiger partial charge in [0.1, 0.15) is 5.82 Å². The Balaban J connectivity index is 1.51. The Labute approximate surface area is 128 Å². The number of hydrogen-bond donors (Lipinski definition) is 1. The highest BCUT2D eigenvalue weighted by atomic mass is 15.3. The minimum atomic E-state index is 0.963. The predicted molar refractivity (Wildman–Crippen MR) is 86.3 cm³/mol. The van der Waals surface area contributed by atoms with Gasteiger partial charge in [-0.05, 0) is 13.0 Å². The lowest BCUT2D eigenvalue weighted by atomic mass is 10.2. The first-order valence-electron chi connectivity index (χ1n) is 7.50. The maximum Gasteiger partial charge on any atom is 0.129 e. The molecule has 114 valence electrons. The van der Waals surface area contributed by atoms with Crippen molar-refractivity contribution in [3.05, 3.63) is 30.4 Å². The van der Waals surface area contributed by atoms with Gasteiger partial charge in [-0.25, -0.2) is 4.98 Å².